The minimum atomic E-state index is -0.430. The Morgan fingerprint density at radius 1 is 1.17 bits per heavy atom. The molecular formula is C22H23N5OS. The summed E-state index contributed by atoms with van der Waals surface area (Å²) in [5.74, 6) is 1.79. The number of fused-ring (bicyclic) bond motifs is 1. The van der Waals surface area contributed by atoms with Crippen LogP contribution in [0.2, 0.25) is 0 Å². The second-order valence-electron chi connectivity index (χ2n) is 7.69. The molecular weight excluding hydrogens is 382 g/mol. The minimum Gasteiger partial charge on any atom is -0.367 e. The normalized spacial score (nSPS) is 19.8. The van der Waals surface area contributed by atoms with Gasteiger partial charge in [-0.15, -0.1) is 11.3 Å². The van der Waals surface area contributed by atoms with Crippen molar-refractivity contribution in [2.75, 3.05) is 24.6 Å². The summed E-state index contributed by atoms with van der Waals surface area (Å²) >= 11 is 1.68. The van der Waals surface area contributed by atoms with E-state index >= 15 is 0 Å². The van der Waals surface area contributed by atoms with Gasteiger partial charge in [0.05, 0.1) is 24.7 Å². The molecule has 1 aliphatic rings. The number of morpholine rings is 1. The van der Waals surface area contributed by atoms with Crippen LogP contribution in [0.4, 0.5) is 5.82 Å². The van der Waals surface area contributed by atoms with E-state index in [1.54, 1.807) is 11.3 Å². The van der Waals surface area contributed by atoms with E-state index in [4.69, 9.17) is 14.7 Å². The first-order valence-electron chi connectivity index (χ1n) is 9.73. The molecule has 3 aromatic heterocycles. The van der Waals surface area contributed by atoms with Gasteiger partial charge in [0, 0.05) is 36.3 Å². The van der Waals surface area contributed by atoms with Crippen molar-refractivity contribution in [2.24, 2.45) is 7.05 Å². The van der Waals surface area contributed by atoms with E-state index in [0.717, 1.165) is 34.0 Å². The SMILES string of the molecule is Cc1nc(N2CCOC(C)(c3cnn(C)c3)C2)c2c(-c3ccccc3)csc2n1. The number of anilines is 1. The molecule has 1 unspecified atom stereocenters. The molecule has 148 valence electrons. The average Bonchev–Trinajstić information content (AvgIpc) is 3.35. The van der Waals surface area contributed by atoms with Gasteiger partial charge in [-0.2, -0.15) is 5.10 Å². The highest BCUT2D eigenvalue weighted by atomic mass is 32.1. The van der Waals surface area contributed by atoms with Gasteiger partial charge in [-0.05, 0) is 19.4 Å². The number of benzene rings is 1. The summed E-state index contributed by atoms with van der Waals surface area (Å²) in [6, 6.07) is 10.5. The first kappa shape index (κ1) is 18.3. The van der Waals surface area contributed by atoms with E-state index in [2.05, 4.69) is 46.6 Å². The fourth-order valence-electron chi connectivity index (χ4n) is 4.01. The van der Waals surface area contributed by atoms with Crippen LogP contribution < -0.4 is 4.90 Å². The number of aromatic nitrogens is 4. The van der Waals surface area contributed by atoms with Crippen LogP contribution in [0.25, 0.3) is 21.3 Å². The van der Waals surface area contributed by atoms with Gasteiger partial charge in [0.25, 0.3) is 0 Å². The zero-order chi connectivity index (χ0) is 20.0. The fraction of sp³-hybridized carbons (Fsp3) is 0.318. The van der Waals surface area contributed by atoms with E-state index in [9.17, 15) is 0 Å². The molecule has 1 aromatic carbocycles. The van der Waals surface area contributed by atoms with Crippen molar-refractivity contribution in [3.8, 4) is 11.1 Å². The van der Waals surface area contributed by atoms with Crippen LogP contribution in [0.5, 0.6) is 0 Å². The summed E-state index contributed by atoms with van der Waals surface area (Å²) in [5, 5.41) is 7.66. The summed E-state index contributed by atoms with van der Waals surface area (Å²) < 4.78 is 8.04. The van der Waals surface area contributed by atoms with Gasteiger partial charge in [0.2, 0.25) is 0 Å². The molecule has 0 radical (unpaired) electrons. The maximum atomic E-state index is 6.22. The fourth-order valence-corrected chi connectivity index (χ4v) is 4.99. The molecule has 4 aromatic rings. The van der Waals surface area contributed by atoms with Crippen LogP contribution in [-0.4, -0.2) is 39.4 Å². The Morgan fingerprint density at radius 2 is 2.00 bits per heavy atom. The topological polar surface area (TPSA) is 56.1 Å². The Hall–Kier alpha value is -2.77. The van der Waals surface area contributed by atoms with E-state index in [-0.39, 0.29) is 0 Å². The predicted molar refractivity (Wildman–Crippen MR) is 116 cm³/mol. The highest BCUT2D eigenvalue weighted by Gasteiger charge is 2.36. The molecule has 5 rings (SSSR count). The number of aryl methyl sites for hydroxylation is 2. The molecule has 0 spiro atoms. The summed E-state index contributed by atoms with van der Waals surface area (Å²) in [5.41, 5.74) is 3.03. The summed E-state index contributed by atoms with van der Waals surface area (Å²) in [6.45, 7) is 6.25. The lowest BCUT2D eigenvalue weighted by Crippen LogP contribution is -2.48. The maximum absolute atomic E-state index is 6.22. The third-order valence-electron chi connectivity index (χ3n) is 5.50. The monoisotopic (exact) mass is 405 g/mol. The molecule has 1 aliphatic heterocycles. The van der Waals surface area contributed by atoms with Crippen LogP contribution in [0.15, 0.2) is 48.1 Å². The standard InChI is InChI=1S/C22H23N5OS/c1-15-24-20(19-18(13-29-21(19)25-15)16-7-5-4-6-8-16)27-9-10-28-22(2,14-27)17-11-23-26(3)12-17/h4-8,11-13H,9-10,14H2,1-3H3. The molecule has 1 fully saturated rings. The molecule has 0 aliphatic carbocycles. The van der Waals surface area contributed by atoms with E-state index in [1.165, 1.54) is 11.1 Å². The first-order valence-corrected chi connectivity index (χ1v) is 10.6. The van der Waals surface area contributed by atoms with Crippen molar-refractivity contribution < 1.29 is 4.74 Å². The van der Waals surface area contributed by atoms with Gasteiger partial charge in [-0.25, -0.2) is 9.97 Å². The first-order chi connectivity index (χ1) is 14.0. The van der Waals surface area contributed by atoms with Crippen LogP contribution in [0.3, 0.4) is 0 Å². The predicted octanol–water partition coefficient (Wildman–Crippen LogP) is 4.15. The summed E-state index contributed by atoms with van der Waals surface area (Å²) in [7, 11) is 1.93. The molecule has 29 heavy (non-hydrogen) atoms. The average molecular weight is 406 g/mol. The Kier molecular flexibility index (Phi) is 4.37. The van der Waals surface area contributed by atoms with Gasteiger partial charge < -0.3 is 9.64 Å². The Balaban J connectivity index is 1.62. The number of thiophene rings is 1. The molecule has 0 bridgehead atoms. The highest BCUT2D eigenvalue weighted by Crippen LogP contribution is 2.40. The molecule has 7 heteroatoms. The summed E-state index contributed by atoms with van der Waals surface area (Å²) in [6.07, 6.45) is 3.93. The Morgan fingerprint density at radius 3 is 2.76 bits per heavy atom. The van der Waals surface area contributed by atoms with Crippen molar-refractivity contribution in [3.63, 3.8) is 0 Å². The largest absolute Gasteiger partial charge is 0.367 e. The molecule has 4 heterocycles. The lowest BCUT2D eigenvalue weighted by molar-refractivity contribution is -0.0467. The van der Waals surface area contributed by atoms with E-state index in [1.807, 2.05) is 37.1 Å². The number of hydrogen-bond acceptors (Lipinski definition) is 6. The Labute approximate surface area is 173 Å². The van der Waals surface area contributed by atoms with Gasteiger partial charge in [-0.3, -0.25) is 4.68 Å². The zero-order valence-electron chi connectivity index (χ0n) is 16.8. The van der Waals surface area contributed by atoms with Crippen LogP contribution in [-0.2, 0) is 17.4 Å². The lowest BCUT2D eigenvalue weighted by Gasteiger charge is -2.41. The van der Waals surface area contributed by atoms with Crippen LogP contribution >= 0.6 is 11.3 Å². The van der Waals surface area contributed by atoms with Crippen molar-refractivity contribution >= 4 is 27.4 Å². The van der Waals surface area contributed by atoms with Crippen LogP contribution in [0.1, 0.15) is 18.3 Å². The molecule has 1 atom stereocenters. The van der Waals surface area contributed by atoms with Crippen molar-refractivity contribution in [3.05, 3.63) is 59.5 Å². The minimum absolute atomic E-state index is 0.430. The lowest BCUT2D eigenvalue weighted by atomic mass is 9.96. The van der Waals surface area contributed by atoms with E-state index in [0.29, 0.717) is 13.2 Å². The second-order valence-corrected chi connectivity index (χ2v) is 8.55. The smallest absolute Gasteiger partial charge is 0.141 e. The maximum Gasteiger partial charge on any atom is 0.141 e. The van der Waals surface area contributed by atoms with Gasteiger partial charge in [0.1, 0.15) is 22.1 Å². The molecule has 0 amide bonds. The van der Waals surface area contributed by atoms with Crippen molar-refractivity contribution in [1.29, 1.82) is 0 Å². The van der Waals surface area contributed by atoms with Gasteiger partial charge >= 0.3 is 0 Å². The third kappa shape index (κ3) is 3.20. The second kappa shape index (κ2) is 6.93. The third-order valence-corrected chi connectivity index (χ3v) is 6.37. The number of ether oxygens (including phenoxy) is 1. The number of nitrogens with zero attached hydrogens (tertiary/aromatic N) is 5. The molecule has 1 saturated heterocycles. The summed E-state index contributed by atoms with van der Waals surface area (Å²) in [4.78, 5) is 13.0. The Bertz CT molecular complexity index is 1170. The number of hydrogen-bond donors (Lipinski definition) is 0. The zero-order valence-corrected chi connectivity index (χ0v) is 17.6. The molecule has 0 saturated carbocycles. The van der Waals surface area contributed by atoms with E-state index < -0.39 is 5.60 Å². The van der Waals surface area contributed by atoms with Gasteiger partial charge in [-0.1, -0.05) is 30.3 Å². The van der Waals surface area contributed by atoms with Crippen LogP contribution in [0, 0.1) is 6.92 Å². The number of rotatable bonds is 3. The molecule has 0 N–H and O–H groups in total. The highest BCUT2D eigenvalue weighted by molar-refractivity contribution is 7.17. The molecule has 6 nitrogen and oxygen atoms in total. The quantitative estimate of drug-likeness (QED) is 0.512. The van der Waals surface area contributed by atoms with Gasteiger partial charge in [0.15, 0.2) is 0 Å². The van der Waals surface area contributed by atoms with Crippen molar-refractivity contribution in [1.82, 2.24) is 19.7 Å². The van der Waals surface area contributed by atoms with Crippen molar-refractivity contribution in [2.45, 2.75) is 19.4 Å².